The van der Waals surface area contributed by atoms with Gasteiger partial charge in [-0.1, -0.05) is 11.6 Å². The number of rotatable bonds is 9. The Morgan fingerprint density at radius 1 is 1.14 bits per heavy atom. The number of ether oxygens (including phenoxy) is 4. The average molecular weight is 520 g/mol. The number of methoxy groups -OCH3 is 2. The first-order valence-electron chi connectivity index (χ1n) is 10.7. The van der Waals surface area contributed by atoms with E-state index in [1.165, 1.54) is 38.6 Å². The van der Waals surface area contributed by atoms with Crippen molar-refractivity contribution < 1.29 is 36.9 Å². The third kappa shape index (κ3) is 7.90. The number of esters is 1. The molecule has 0 aliphatic carbocycles. The molecule has 1 N–H and O–H groups in total. The lowest BCUT2D eigenvalue weighted by atomic mass is 9.87. The van der Waals surface area contributed by atoms with Gasteiger partial charge in [0.25, 0.3) is 5.56 Å². The maximum atomic E-state index is 13.3. The zero-order valence-corrected chi connectivity index (χ0v) is 21.1. The summed E-state index contributed by atoms with van der Waals surface area (Å²) in [5.74, 6) is -1.95. The topological polar surface area (TPSA) is 86.9 Å². The third-order valence-corrected chi connectivity index (χ3v) is 5.16. The Morgan fingerprint density at radius 3 is 2.34 bits per heavy atom. The van der Waals surface area contributed by atoms with Crippen LogP contribution in [0.25, 0.3) is 11.1 Å². The summed E-state index contributed by atoms with van der Waals surface area (Å²) in [6, 6.07) is 3.96. The van der Waals surface area contributed by atoms with Crippen molar-refractivity contribution in [2.75, 3.05) is 20.8 Å². The first-order valence-corrected chi connectivity index (χ1v) is 11.1. The number of aromatic nitrogens is 1. The van der Waals surface area contributed by atoms with Crippen LogP contribution in [-0.4, -0.2) is 49.7 Å². The van der Waals surface area contributed by atoms with Crippen LogP contribution in [0.4, 0.5) is 13.2 Å². The lowest BCUT2D eigenvalue weighted by Gasteiger charge is -2.27. The lowest BCUT2D eigenvalue weighted by molar-refractivity contribution is -0.157. The van der Waals surface area contributed by atoms with Crippen LogP contribution in [0.15, 0.2) is 29.2 Å². The van der Waals surface area contributed by atoms with E-state index in [1.807, 2.05) is 0 Å². The molecule has 1 heterocycles. The molecule has 0 saturated carbocycles. The highest BCUT2D eigenvalue weighted by Crippen LogP contribution is 2.43. The van der Waals surface area contributed by atoms with Crippen LogP contribution >= 0.6 is 11.6 Å². The molecule has 0 aliphatic heterocycles. The van der Waals surface area contributed by atoms with Gasteiger partial charge in [0, 0.05) is 35.0 Å². The number of carbonyl (C=O) groups excluding carboxylic acids is 1. The molecule has 1 aromatic heterocycles. The fraction of sp³-hybridized carbons (Fsp3) is 0.500. The van der Waals surface area contributed by atoms with E-state index in [0.29, 0.717) is 0 Å². The molecule has 0 fully saturated rings. The second kappa shape index (κ2) is 11.3. The molecule has 35 heavy (non-hydrogen) atoms. The van der Waals surface area contributed by atoms with Crippen LogP contribution in [0.3, 0.4) is 0 Å². The summed E-state index contributed by atoms with van der Waals surface area (Å²) in [6.45, 7) is 5.18. The van der Waals surface area contributed by atoms with Crippen molar-refractivity contribution in [3.8, 4) is 22.6 Å². The van der Waals surface area contributed by atoms with Gasteiger partial charge in [-0.05, 0) is 52.3 Å². The molecule has 2 rings (SSSR count). The Hall–Kier alpha value is -2.72. The molecule has 11 heteroatoms. The molecule has 0 amide bonds. The van der Waals surface area contributed by atoms with E-state index in [2.05, 4.69) is 4.98 Å². The van der Waals surface area contributed by atoms with E-state index in [1.54, 1.807) is 27.7 Å². The number of alkyl halides is 3. The van der Waals surface area contributed by atoms with Crippen molar-refractivity contribution in [1.82, 2.24) is 4.98 Å². The minimum atomic E-state index is -4.61. The van der Waals surface area contributed by atoms with Gasteiger partial charge in [-0.3, -0.25) is 9.59 Å². The lowest BCUT2D eigenvalue weighted by Crippen LogP contribution is -2.33. The van der Waals surface area contributed by atoms with E-state index in [-0.39, 0.29) is 39.6 Å². The van der Waals surface area contributed by atoms with Gasteiger partial charge in [0.2, 0.25) is 0 Å². The van der Waals surface area contributed by atoms with Crippen LogP contribution in [0, 0.1) is 0 Å². The maximum absolute atomic E-state index is 13.3. The Balaban J connectivity index is 2.83. The number of carbonyl (C=O) groups is 1. The standard InChI is InChI=1S/C24H29ClF3NO6/c1-13(32-5)9-16(22(31)35-23(2,3)4)20-19(18(33-6)11-29-21(20)30)15-10-14(25)7-8-17(15)34-12-24(26,27)28/h7-8,10-11,13,16H,9,12H2,1-6H3,(H,29,30)/t13-,16?/m0/s1. The summed E-state index contributed by atoms with van der Waals surface area (Å²) in [6.07, 6.45) is -3.77. The Morgan fingerprint density at radius 2 is 1.80 bits per heavy atom. The molecule has 2 aromatic rings. The van der Waals surface area contributed by atoms with Crippen molar-refractivity contribution in [2.24, 2.45) is 0 Å². The molecular weight excluding hydrogens is 491 g/mol. The van der Waals surface area contributed by atoms with Crippen molar-refractivity contribution in [2.45, 2.75) is 57.9 Å². The predicted octanol–water partition coefficient (Wildman–Crippen LogP) is 5.50. The molecule has 1 aromatic carbocycles. The number of aromatic amines is 1. The van der Waals surface area contributed by atoms with Crippen LogP contribution in [0.2, 0.25) is 5.02 Å². The van der Waals surface area contributed by atoms with Crippen LogP contribution < -0.4 is 15.0 Å². The fourth-order valence-electron chi connectivity index (χ4n) is 3.41. The minimum absolute atomic E-state index is 0.0496. The molecule has 2 atom stereocenters. The number of halogens is 4. The van der Waals surface area contributed by atoms with Crippen molar-refractivity contribution in [3.63, 3.8) is 0 Å². The Kier molecular flexibility index (Phi) is 9.24. The molecule has 1 unspecified atom stereocenters. The number of hydrogen-bond acceptors (Lipinski definition) is 6. The van der Waals surface area contributed by atoms with Gasteiger partial charge in [-0.2, -0.15) is 13.2 Å². The summed E-state index contributed by atoms with van der Waals surface area (Å²) < 4.78 is 60.1. The van der Waals surface area contributed by atoms with Crippen molar-refractivity contribution in [3.05, 3.63) is 45.3 Å². The zero-order valence-electron chi connectivity index (χ0n) is 20.3. The molecule has 0 bridgehead atoms. The smallest absolute Gasteiger partial charge is 0.422 e. The fourth-order valence-corrected chi connectivity index (χ4v) is 3.59. The molecule has 7 nitrogen and oxygen atoms in total. The maximum Gasteiger partial charge on any atom is 0.422 e. The van der Waals surface area contributed by atoms with Crippen LogP contribution in [0.5, 0.6) is 11.5 Å². The van der Waals surface area contributed by atoms with E-state index < -0.39 is 41.9 Å². The molecular formula is C24H29ClF3NO6. The molecule has 0 aliphatic rings. The van der Waals surface area contributed by atoms with Gasteiger partial charge >= 0.3 is 12.1 Å². The number of hydrogen-bond donors (Lipinski definition) is 1. The largest absolute Gasteiger partial charge is 0.495 e. The monoisotopic (exact) mass is 519 g/mol. The first kappa shape index (κ1) is 28.5. The van der Waals surface area contributed by atoms with Gasteiger partial charge in [-0.15, -0.1) is 0 Å². The summed E-state index contributed by atoms with van der Waals surface area (Å²) in [5.41, 5.74) is -1.47. The van der Waals surface area contributed by atoms with Crippen LogP contribution in [0.1, 0.15) is 45.6 Å². The van der Waals surface area contributed by atoms with E-state index >= 15 is 0 Å². The number of benzene rings is 1. The highest BCUT2D eigenvalue weighted by Gasteiger charge is 2.35. The normalized spacial score (nSPS) is 13.8. The van der Waals surface area contributed by atoms with Gasteiger partial charge < -0.3 is 23.9 Å². The predicted molar refractivity (Wildman–Crippen MR) is 125 cm³/mol. The zero-order chi connectivity index (χ0) is 26.6. The molecule has 194 valence electrons. The van der Waals surface area contributed by atoms with Gasteiger partial charge in [0.1, 0.15) is 17.1 Å². The van der Waals surface area contributed by atoms with Crippen molar-refractivity contribution in [1.29, 1.82) is 0 Å². The van der Waals surface area contributed by atoms with Crippen molar-refractivity contribution >= 4 is 17.6 Å². The minimum Gasteiger partial charge on any atom is -0.495 e. The molecule has 0 spiro atoms. The van der Waals surface area contributed by atoms with E-state index in [0.717, 1.165) is 0 Å². The third-order valence-electron chi connectivity index (χ3n) is 4.93. The summed E-state index contributed by atoms with van der Waals surface area (Å²) >= 11 is 6.16. The van der Waals surface area contributed by atoms with Gasteiger partial charge in [-0.25, -0.2) is 0 Å². The highest BCUT2D eigenvalue weighted by atomic mass is 35.5. The van der Waals surface area contributed by atoms with Crippen LogP contribution in [-0.2, 0) is 14.3 Å². The number of nitrogens with one attached hydrogen (secondary N) is 1. The second-order valence-electron chi connectivity index (χ2n) is 8.89. The first-order chi connectivity index (χ1) is 16.2. The molecule has 0 radical (unpaired) electrons. The quantitative estimate of drug-likeness (QED) is 0.440. The number of H-pyrrole nitrogens is 1. The Bertz CT molecular complexity index is 1090. The summed E-state index contributed by atoms with van der Waals surface area (Å²) in [4.78, 5) is 29.0. The van der Waals surface area contributed by atoms with Gasteiger partial charge in [0.15, 0.2) is 6.61 Å². The van der Waals surface area contributed by atoms with E-state index in [4.69, 9.17) is 30.5 Å². The SMILES string of the molecule is COc1c[nH]c(=O)c(C(C[C@H](C)OC)C(=O)OC(C)(C)C)c1-c1cc(Cl)ccc1OCC(F)(F)F. The Labute approximate surface area is 206 Å². The highest BCUT2D eigenvalue weighted by molar-refractivity contribution is 6.31. The summed E-state index contributed by atoms with van der Waals surface area (Å²) in [7, 11) is 2.77. The second-order valence-corrected chi connectivity index (χ2v) is 9.32. The molecule has 0 saturated heterocycles. The number of pyridine rings is 1. The summed E-state index contributed by atoms with van der Waals surface area (Å²) in [5, 5.41) is 0.173. The van der Waals surface area contributed by atoms with E-state index in [9.17, 15) is 22.8 Å². The van der Waals surface area contributed by atoms with Gasteiger partial charge in [0.05, 0.1) is 19.1 Å². The average Bonchev–Trinajstić information content (AvgIpc) is 2.74.